The van der Waals surface area contributed by atoms with Gasteiger partial charge in [-0.2, -0.15) is 0 Å². The van der Waals surface area contributed by atoms with Crippen molar-refractivity contribution in [2.75, 3.05) is 0 Å². The molecule has 476 valence electrons. The standard InChI is InChI=1S/C50H32N4.C44H28N4/c1-4-15-33(16-5-1)34-27-29-36(30-28-34)48-41-24-14-23-38(35-17-6-2-7-18-35)49(41)52-50(51-48)54-43-26-13-11-22-40(43)47-45(54)32-31-44-46(47)39-21-10-12-25-42(39)53(44)37-19-8-3-9-20-37;1-4-15-29(16-5-1)32-23-14-24-35-42(30-17-6-2-7-18-30)45-44(46-43(32)35)48-37-26-13-11-22-34(37)41-39(48)28-27-38-40(41)33-21-10-12-25-36(33)47(38)31-19-8-3-9-20-31/h1-32H;1-28H. The van der Waals surface area contributed by atoms with Gasteiger partial charge in [0.2, 0.25) is 11.9 Å². The normalized spacial score (nSPS) is 11.7. The van der Waals surface area contributed by atoms with Crippen LogP contribution < -0.4 is 0 Å². The Hall–Kier alpha value is -13.8. The minimum absolute atomic E-state index is 0.644. The first kappa shape index (κ1) is 58.3. The fraction of sp³-hybridized carbons (Fsp3) is 0. The molecule has 0 saturated heterocycles. The van der Waals surface area contributed by atoms with E-state index >= 15 is 0 Å². The van der Waals surface area contributed by atoms with Gasteiger partial charge in [-0.15, -0.1) is 0 Å². The third-order valence-corrected chi connectivity index (χ3v) is 20.3. The molecule has 21 aromatic rings. The zero-order valence-electron chi connectivity index (χ0n) is 55.2. The van der Waals surface area contributed by atoms with Gasteiger partial charge >= 0.3 is 0 Å². The van der Waals surface area contributed by atoms with E-state index in [1.807, 2.05) is 6.07 Å². The highest BCUT2D eigenvalue weighted by Gasteiger charge is 2.26. The van der Waals surface area contributed by atoms with Crippen molar-refractivity contribution in [3.63, 3.8) is 0 Å². The van der Waals surface area contributed by atoms with Crippen LogP contribution in [-0.4, -0.2) is 38.2 Å². The van der Waals surface area contributed by atoms with Crippen molar-refractivity contribution < 1.29 is 0 Å². The van der Waals surface area contributed by atoms with E-state index in [1.54, 1.807) is 0 Å². The van der Waals surface area contributed by atoms with Gasteiger partial charge in [0.1, 0.15) is 0 Å². The molecule has 0 fully saturated rings. The number of fused-ring (bicyclic) bond motifs is 16. The maximum atomic E-state index is 5.49. The number of nitrogens with zero attached hydrogens (tertiary/aromatic N) is 8. The Morgan fingerprint density at radius 3 is 0.804 bits per heavy atom. The number of hydrogen-bond acceptors (Lipinski definition) is 4. The second-order valence-corrected chi connectivity index (χ2v) is 26.0. The van der Waals surface area contributed by atoms with Crippen LogP contribution in [0.1, 0.15) is 0 Å². The van der Waals surface area contributed by atoms with Crippen LogP contribution in [0.5, 0.6) is 0 Å². The summed E-state index contributed by atoms with van der Waals surface area (Å²) in [6.07, 6.45) is 0. The molecular formula is C94H60N8. The molecule has 8 nitrogen and oxygen atoms in total. The first-order chi connectivity index (χ1) is 50.7. The topological polar surface area (TPSA) is 71.3 Å². The van der Waals surface area contributed by atoms with Gasteiger partial charge in [-0.05, 0) is 95.1 Å². The van der Waals surface area contributed by atoms with Crippen LogP contribution >= 0.6 is 0 Å². The number of para-hydroxylation sites is 8. The monoisotopic (exact) mass is 1300 g/mol. The molecule has 6 heterocycles. The van der Waals surface area contributed by atoms with E-state index in [1.165, 1.54) is 76.3 Å². The molecule has 6 aromatic heterocycles. The first-order valence-electron chi connectivity index (χ1n) is 34.6. The van der Waals surface area contributed by atoms with Crippen LogP contribution in [0.25, 0.3) is 188 Å². The lowest BCUT2D eigenvalue weighted by Crippen LogP contribution is -2.04. The summed E-state index contributed by atoms with van der Waals surface area (Å²) in [7, 11) is 0. The highest BCUT2D eigenvalue weighted by Crippen LogP contribution is 2.46. The van der Waals surface area contributed by atoms with Crippen molar-refractivity contribution in [3.05, 3.63) is 364 Å². The Bertz CT molecular complexity index is 6820. The van der Waals surface area contributed by atoms with Crippen molar-refractivity contribution in [2.45, 2.75) is 0 Å². The van der Waals surface area contributed by atoms with Crippen LogP contribution in [0.3, 0.4) is 0 Å². The molecular weight excluding hydrogens is 1240 g/mol. The van der Waals surface area contributed by atoms with E-state index in [0.29, 0.717) is 11.9 Å². The molecule has 15 aromatic carbocycles. The molecule has 0 saturated carbocycles. The molecule has 0 atom stereocenters. The molecule has 0 radical (unpaired) electrons. The van der Waals surface area contributed by atoms with Gasteiger partial charge in [0.15, 0.2) is 0 Å². The van der Waals surface area contributed by atoms with Gasteiger partial charge in [0.05, 0.1) is 66.6 Å². The second-order valence-electron chi connectivity index (χ2n) is 26.0. The van der Waals surface area contributed by atoms with Crippen LogP contribution in [-0.2, 0) is 0 Å². The molecule has 0 bridgehead atoms. The summed E-state index contributed by atoms with van der Waals surface area (Å²) >= 11 is 0. The Balaban J connectivity index is 0.000000138. The molecule has 0 N–H and O–H groups in total. The third-order valence-electron chi connectivity index (χ3n) is 20.3. The maximum absolute atomic E-state index is 5.49. The number of rotatable bonds is 9. The Morgan fingerprint density at radius 1 is 0.167 bits per heavy atom. The van der Waals surface area contributed by atoms with Gasteiger partial charge in [0, 0.05) is 87.5 Å². The number of benzene rings is 15. The lowest BCUT2D eigenvalue weighted by molar-refractivity contribution is 1.01. The average molecular weight is 1300 g/mol. The van der Waals surface area contributed by atoms with Gasteiger partial charge in [-0.1, -0.05) is 291 Å². The molecule has 0 unspecified atom stereocenters. The van der Waals surface area contributed by atoms with E-state index < -0.39 is 0 Å². The summed E-state index contributed by atoms with van der Waals surface area (Å²) in [5, 5.41) is 11.7. The Kier molecular flexibility index (Phi) is 13.7. The van der Waals surface area contributed by atoms with Crippen molar-refractivity contribution in [2.24, 2.45) is 0 Å². The fourth-order valence-electron chi connectivity index (χ4n) is 15.8. The summed E-state index contributed by atoms with van der Waals surface area (Å²) < 4.78 is 9.28. The van der Waals surface area contributed by atoms with Crippen LogP contribution in [0, 0.1) is 0 Å². The van der Waals surface area contributed by atoms with Gasteiger partial charge in [-0.3, -0.25) is 9.13 Å². The summed E-state index contributed by atoms with van der Waals surface area (Å²) in [6.45, 7) is 0. The predicted octanol–water partition coefficient (Wildman–Crippen LogP) is 24.0. The van der Waals surface area contributed by atoms with Crippen molar-refractivity contribution in [1.82, 2.24) is 38.2 Å². The molecule has 21 rings (SSSR count). The molecule has 0 spiro atoms. The molecule has 0 aliphatic rings. The van der Waals surface area contributed by atoms with E-state index in [4.69, 9.17) is 19.9 Å². The zero-order valence-corrected chi connectivity index (χ0v) is 55.2. The largest absolute Gasteiger partial charge is 0.309 e. The predicted molar refractivity (Wildman–Crippen MR) is 424 cm³/mol. The Morgan fingerprint density at radius 2 is 0.431 bits per heavy atom. The molecule has 8 heteroatoms. The molecule has 102 heavy (non-hydrogen) atoms. The quantitative estimate of drug-likeness (QED) is 0.144. The minimum atomic E-state index is 0.644. The minimum Gasteiger partial charge on any atom is -0.309 e. The zero-order chi connectivity index (χ0) is 67.2. The molecule has 0 amide bonds. The number of aromatic nitrogens is 8. The average Bonchev–Trinajstić information content (AvgIpc) is 1.54. The van der Waals surface area contributed by atoms with Crippen molar-refractivity contribution in [3.8, 4) is 79.2 Å². The Labute approximate surface area is 586 Å². The summed E-state index contributed by atoms with van der Waals surface area (Å²) in [5.41, 5.74) is 23.8. The van der Waals surface area contributed by atoms with Crippen molar-refractivity contribution >= 4 is 109 Å². The summed E-state index contributed by atoms with van der Waals surface area (Å²) in [4.78, 5) is 21.8. The summed E-state index contributed by atoms with van der Waals surface area (Å²) in [5.74, 6) is 1.30. The van der Waals surface area contributed by atoms with E-state index in [-0.39, 0.29) is 0 Å². The second kappa shape index (κ2) is 24.0. The molecule has 0 aliphatic heterocycles. The smallest absolute Gasteiger partial charge is 0.235 e. The SMILES string of the molecule is c1ccc(-c2ccc(-c3nc(-n4c5ccccc5c5c6c7ccccc7n(-c7ccccc7)c6ccc54)nc4c(-c5ccccc5)cccc34)cc2)cc1.c1ccc(-c2nc(-n3c4ccccc4c4c5c6ccccc6n(-c6ccccc6)c5ccc43)nc3c(-c4ccccc4)cccc23)cc1. The van der Waals surface area contributed by atoms with Crippen molar-refractivity contribution in [1.29, 1.82) is 0 Å². The highest BCUT2D eigenvalue weighted by molar-refractivity contribution is 6.30. The first-order valence-corrected chi connectivity index (χ1v) is 34.6. The van der Waals surface area contributed by atoms with Crippen LogP contribution in [0.4, 0.5) is 0 Å². The van der Waals surface area contributed by atoms with Gasteiger partial charge in [-0.25, -0.2) is 19.9 Å². The maximum Gasteiger partial charge on any atom is 0.235 e. The highest BCUT2D eigenvalue weighted by atomic mass is 15.2. The fourth-order valence-corrected chi connectivity index (χ4v) is 15.8. The van der Waals surface area contributed by atoms with Gasteiger partial charge < -0.3 is 9.13 Å². The van der Waals surface area contributed by atoms with E-state index in [9.17, 15) is 0 Å². The third kappa shape index (κ3) is 9.38. The molecule has 0 aliphatic carbocycles. The van der Waals surface area contributed by atoms with E-state index in [2.05, 4.69) is 376 Å². The lowest BCUT2D eigenvalue weighted by atomic mass is 9.98. The lowest BCUT2D eigenvalue weighted by Gasteiger charge is -2.14. The van der Waals surface area contributed by atoms with E-state index in [0.717, 1.165) is 100 Å². The van der Waals surface area contributed by atoms with Gasteiger partial charge in [0.25, 0.3) is 0 Å². The van der Waals surface area contributed by atoms with Crippen LogP contribution in [0.2, 0.25) is 0 Å². The van der Waals surface area contributed by atoms with Crippen LogP contribution in [0.15, 0.2) is 364 Å². The number of hydrogen-bond donors (Lipinski definition) is 0. The summed E-state index contributed by atoms with van der Waals surface area (Å²) in [6, 6.07) is 129.